The minimum Gasteiger partial charge on any atom is -0.443 e. The van der Waals surface area contributed by atoms with Crippen molar-refractivity contribution in [2.75, 3.05) is 13.6 Å². The number of aromatic nitrogens is 1. The van der Waals surface area contributed by atoms with E-state index in [1.807, 2.05) is 31.9 Å². The molecule has 0 aliphatic rings. The van der Waals surface area contributed by atoms with Crippen molar-refractivity contribution in [1.29, 1.82) is 5.26 Å². The Kier molecular flexibility index (Phi) is 7.06. The maximum absolute atomic E-state index is 12.8. The first-order valence-corrected chi connectivity index (χ1v) is 10.6. The molecule has 0 aliphatic carbocycles. The van der Waals surface area contributed by atoms with E-state index in [1.165, 1.54) is 12.1 Å². The molecule has 0 spiro atoms. The van der Waals surface area contributed by atoms with Gasteiger partial charge in [-0.2, -0.15) is 22.8 Å². The largest absolute Gasteiger partial charge is 0.443 e. The Balaban J connectivity index is 1.89. The molecule has 0 unspecified atom stereocenters. The summed E-state index contributed by atoms with van der Waals surface area (Å²) in [5.74, 6) is 0.428. The Bertz CT molecular complexity index is 1180. The van der Waals surface area contributed by atoms with Crippen LogP contribution >= 0.6 is 23.1 Å². The van der Waals surface area contributed by atoms with Crippen molar-refractivity contribution < 1.29 is 17.9 Å². The Morgan fingerprint density at radius 3 is 2.56 bits per heavy atom. The molecule has 0 amide bonds. The van der Waals surface area contributed by atoms with E-state index < -0.39 is 11.7 Å². The number of benzene rings is 2. The lowest BCUT2D eigenvalue weighted by Crippen LogP contribution is -2.14. The van der Waals surface area contributed by atoms with E-state index in [0.717, 1.165) is 35.8 Å². The van der Waals surface area contributed by atoms with Crippen molar-refractivity contribution in [1.82, 2.24) is 9.27 Å². The quantitative estimate of drug-likeness (QED) is 0.281. The topological polar surface area (TPSA) is 61.5 Å². The van der Waals surface area contributed by atoms with Crippen LogP contribution in [-0.4, -0.2) is 29.2 Å². The van der Waals surface area contributed by atoms with Crippen LogP contribution in [0, 0.1) is 18.3 Å². The molecule has 0 atom stereocenters. The van der Waals surface area contributed by atoms with Crippen molar-refractivity contribution in [3.8, 4) is 28.1 Å². The van der Waals surface area contributed by atoms with Gasteiger partial charge in [-0.15, -0.1) is 0 Å². The van der Waals surface area contributed by atoms with Gasteiger partial charge in [-0.05, 0) is 37.6 Å². The Morgan fingerprint density at radius 1 is 1.28 bits per heavy atom. The van der Waals surface area contributed by atoms with E-state index in [9.17, 15) is 18.4 Å². The van der Waals surface area contributed by atoms with Crippen molar-refractivity contribution >= 4 is 35.2 Å². The Hall–Kier alpha value is -3.09. The summed E-state index contributed by atoms with van der Waals surface area (Å²) in [4.78, 5) is 6.26. The number of aliphatic imine (C=N–C) groups is 1. The fourth-order valence-corrected chi connectivity index (χ4v) is 3.59. The number of ether oxygens (including phenoxy) is 1. The standard InChI is InChI=1S/C22H18ClF3N4OS/c1-4-30(3)12-28-18-9-13(2)19(10-17(18)23)31-21-16(11-27)20(29-32-21)14-5-7-15(8-6-14)22(24,25)26/h5-10,12H,4H2,1-3H3/b28-12-. The molecular formula is C22H18ClF3N4OS. The molecule has 0 N–H and O–H groups in total. The highest BCUT2D eigenvalue weighted by Crippen LogP contribution is 2.40. The third-order valence-corrected chi connectivity index (χ3v) is 5.63. The first-order chi connectivity index (χ1) is 15.1. The fraction of sp³-hybridized carbons (Fsp3) is 0.227. The number of halogens is 4. The highest BCUT2D eigenvalue weighted by atomic mass is 35.5. The molecule has 0 saturated carbocycles. The lowest BCUT2D eigenvalue weighted by atomic mass is 10.1. The van der Waals surface area contributed by atoms with E-state index in [4.69, 9.17) is 16.3 Å². The van der Waals surface area contributed by atoms with Gasteiger partial charge in [0.05, 0.1) is 22.6 Å². The number of aryl methyl sites for hydroxylation is 1. The smallest absolute Gasteiger partial charge is 0.416 e. The van der Waals surface area contributed by atoms with Gasteiger partial charge in [-0.3, -0.25) is 0 Å². The molecule has 5 nitrogen and oxygen atoms in total. The van der Waals surface area contributed by atoms with Crippen molar-refractivity contribution in [2.45, 2.75) is 20.0 Å². The molecule has 2 aromatic carbocycles. The van der Waals surface area contributed by atoms with Gasteiger partial charge in [0.2, 0.25) is 5.06 Å². The molecule has 0 fully saturated rings. The summed E-state index contributed by atoms with van der Waals surface area (Å²) in [6.45, 7) is 4.61. The van der Waals surface area contributed by atoms with Crippen LogP contribution in [0.4, 0.5) is 18.9 Å². The number of alkyl halides is 3. The number of hydrogen-bond donors (Lipinski definition) is 0. The second-order valence-corrected chi connectivity index (χ2v) is 8.01. The first kappa shape index (κ1) is 23.6. The summed E-state index contributed by atoms with van der Waals surface area (Å²) in [5, 5.41) is 10.2. The van der Waals surface area contributed by atoms with Gasteiger partial charge in [0, 0.05) is 36.8 Å². The summed E-state index contributed by atoms with van der Waals surface area (Å²) >= 11 is 7.28. The van der Waals surface area contributed by atoms with E-state index >= 15 is 0 Å². The second kappa shape index (κ2) is 9.59. The molecule has 0 saturated heterocycles. The third kappa shape index (κ3) is 5.21. The summed E-state index contributed by atoms with van der Waals surface area (Å²) in [5.41, 5.74) is 1.33. The van der Waals surface area contributed by atoms with Crippen LogP contribution in [0.15, 0.2) is 41.4 Å². The molecule has 1 heterocycles. The predicted octanol–water partition coefficient (Wildman–Crippen LogP) is 7.07. The van der Waals surface area contributed by atoms with Gasteiger partial charge in [-0.25, -0.2) is 4.99 Å². The molecule has 0 bridgehead atoms. The predicted molar refractivity (Wildman–Crippen MR) is 120 cm³/mol. The summed E-state index contributed by atoms with van der Waals surface area (Å²) in [6.07, 6.45) is -2.76. The lowest BCUT2D eigenvalue weighted by molar-refractivity contribution is -0.137. The highest BCUT2D eigenvalue weighted by Gasteiger charge is 2.30. The molecule has 0 radical (unpaired) electrons. The fourth-order valence-electron chi connectivity index (χ4n) is 2.66. The average Bonchev–Trinajstić information content (AvgIpc) is 3.16. The highest BCUT2D eigenvalue weighted by molar-refractivity contribution is 7.08. The Labute approximate surface area is 192 Å². The maximum Gasteiger partial charge on any atom is 0.416 e. The zero-order chi connectivity index (χ0) is 23.5. The summed E-state index contributed by atoms with van der Waals surface area (Å²) in [6, 6.07) is 9.87. The molecule has 10 heteroatoms. The summed E-state index contributed by atoms with van der Waals surface area (Å²) in [7, 11) is 1.89. The van der Waals surface area contributed by atoms with Crippen LogP contribution in [0.2, 0.25) is 5.02 Å². The van der Waals surface area contributed by atoms with E-state index in [2.05, 4.69) is 9.37 Å². The van der Waals surface area contributed by atoms with Crippen LogP contribution in [0.25, 0.3) is 11.3 Å². The van der Waals surface area contributed by atoms with Crippen LogP contribution in [0.3, 0.4) is 0 Å². The number of nitrogens with zero attached hydrogens (tertiary/aromatic N) is 4. The van der Waals surface area contributed by atoms with Crippen molar-refractivity contribution in [3.05, 3.63) is 58.1 Å². The number of nitriles is 1. The van der Waals surface area contributed by atoms with Crippen LogP contribution in [-0.2, 0) is 6.18 Å². The van der Waals surface area contributed by atoms with Gasteiger partial charge < -0.3 is 9.64 Å². The first-order valence-electron chi connectivity index (χ1n) is 9.43. The molecule has 3 rings (SSSR count). The van der Waals surface area contributed by atoms with Crippen molar-refractivity contribution in [3.63, 3.8) is 0 Å². The Morgan fingerprint density at radius 2 is 1.97 bits per heavy atom. The molecule has 32 heavy (non-hydrogen) atoms. The van der Waals surface area contributed by atoms with E-state index in [-0.39, 0.29) is 16.3 Å². The van der Waals surface area contributed by atoms with Crippen LogP contribution in [0.5, 0.6) is 10.8 Å². The van der Waals surface area contributed by atoms with Crippen LogP contribution < -0.4 is 4.74 Å². The van der Waals surface area contributed by atoms with E-state index in [1.54, 1.807) is 18.5 Å². The SMILES string of the molecule is CCN(C)/C=N\c1cc(C)c(Oc2snc(-c3ccc(C(F)(F)F)cc3)c2C#N)cc1Cl. The molecule has 3 aromatic rings. The van der Waals surface area contributed by atoms with Gasteiger partial charge in [0.1, 0.15) is 23.1 Å². The minimum absolute atomic E-state index is 0.136. The van der Waals surface area contributed by atoms with Gasteiger partial charge in [0.15, 0.2) is 0 Å². The monoisotopic (exact) mass is 478 g/mol. The average molecular weight is 479 g/mol. The zero-order valence-electron chi connectivity index (χ0n) is 17.4. The van der Waals surface area contributed by atoms with E-state index in [0.29, 0.717) is 22.0 Å². The number of hydrogen-bond acceptors (Lipinski definition) is 5. The number of rotatable bonds is 6. The zero-order valence-corrected chi connectivity index (χ0v) is 18.9. The maximum atomic E-state index is 12.8. The normalized spacial score (nSPS) is 11.6. The van der Waals surface area contributed by atoms with Gasteiger partial charge in [0.25, 0.3) is 0 Å². The van der Waals surface area contributed by atoms with Crippen molar-refractivity contribution in [2.24, 2.45) is 4.99 Å². The molecular weight excluding hydrogens is 461 g/mol. The summed E-state index contributed by atoms with van der Waals surface area (Å²) < 4.78 is 48.6. The molecule has 1 aromatic heterocycles. The minimum atomic E-state index is -4.44. The lowest BCUT2D eigenvalue weighted by Gasteiger charge is -2.11. The third-order valence-electron chi connectivity index (χ3n) is 4.60. The molecule has 0 aliphatic heterocycles. The van der Waals surface area contributed by atoms with Gasteiger partial charge >= 0.3 is 6.18 Å². The molecule has 166 valence electrons. The van der Waals surface area contributed by atoms with Gasteiger partial charge in [-0.1, -0.05) is 23.7 Å². The van der Waals surface area contributed by atoms with Crippen LogP contribution in [0.1, 0.15) is 23.6 Å². The second-order valence-electron chi connectivity index (χ2n) is 6.87.